The van der Waals surface area contributed by atoms with E-state index in [0.29, 0.717) is 23.6 Å². The number of rotatable bonds is 10. The Balaban J connectivity index is 1.44. The number of aromatic nitrogens is 2. The van der Waals surface area contributed by atoms with Crippen molar-refractivity contribution >= 4 is 44.6 Å². The van der Waals surface area contributed by atoms with Gasteiger partial charge in [0.2, 0.25) is 33.6 Å². The topological polar surface area (TPSA) is 206 Å². The molecule has 49 heavy (non-hydrogen) atoms. The lowest BCUT2D eigenvalue weighted by Gasteiger charge is -2.36. The van der Waals surface area contributed by atoms with E-state index in [0.717, 1.165) is 0 Å². The number of nitrogens with zero attached hydrogens (tertiary/aromatic N) is 3. The van der Waals surface area contributed by atoms with Crippen LogP contribution in [0.1, 0.15) is 67.2 Å². The van der Waals surface area contributed by atoms with Gasteiger partial charge in [0.05, 0.1) is 22.6 Å². The zero-order valence-corrected chi connectivity index (χ0v) is 29.3. The predicted octanol–water partition coefficient (Wildman–Crippen LogP) is 2.29. The Hall–Kier alpha value is -4.47. The van der Waals surface area contributed by atoms with Gasteiger partial charge in [-0.1, -0.05) is 39.0 Å². The summed E-state index contributed by atoms with van der Waals surface area (Å²) in [6.07, 6.45) is 0.809. The number of hydrogen-bond donors (Lipinski definition) is 4. The largest absolute Gasteiger partial charge is 0.492 e. The fourth-order valence-corrected chi connectivity index (χ4v) is 7.31. The van der Waals surface area contributed by atoms with E-state index in [1.165, 1.54) is 11.0 Å². The molecule has 2 aromatic rings. The maximum absolute atomic E-state index is 14.4. The number of nitrogens with one attached hydrogen (secondary N) is 3. The van der Waals surface area contributed by atoms with Gasteiger partial charge in [0.1, 0.15) is 29.3 Å². The van der Waals surface area contributed by atoms with E-state index in [1.54, 1.807) is 65.8 Å². The number of likely N-dealkylation sites (tertiary alicyclic amines) is 1. The van der Waals surface area contributed by atoms with Crippen LogP contribution in [0.4, 0.5) is 4.79 Å². The molecule has 2 aliphatic carbocycles. The number of ether oxygens (including phenoxy) is 2. The van der Waals surface area contributed by atoms with Crippen molar-refractivity contribution in [3.63, 3.8) is 0 Å². The van der Waals surface area contributed by atoms with Gasteiger partial charge < -0.3 is 30.1 Å². The third kappa shape index (κ3) is 7.73. The van der Waals surface area contributed by atoms with Crippen LogP contribution in [0.25, 0.3) is 10.8 Å². The number of benzene rings is 1. The summed E-state index contributed by atoms with van der Waals surface area (Å²) in [7, 11) is -3.91. The van der Waals surface area contributed by atoms with Crippen molar-refractivity contribution in [2.75, 3.05) is 6.54 Å². The fraction of sp³-hybridized carbons (Fsp3) is 0.576. The van der Waals surface area contributed by atoms with Crippen molar-refractivity contribution in [3.8, 4) is 11.8 Å². The first-order valence-electron chi connectivity index (χ1n) is 16.2. The normalized spacial score (nSPS) is 24.4. The zero-order valence-electron chi connectivity index (χ0n) is 28.5. The molecule has 3 fully saturated rings. The number of hydrogen-bond acceptors (Lipinski definition) is 11. The number of aromatic hydroxyl groups is 1. The second-order valence-corrected chi connectivity index (χ2v) is 16.9. The van der Waals surface area contributed by atoms with Gasteiger partial charge in [-0.3, -0.25) is 19.1 Å². The molecule has 16 heteroatoms. The van der Waals surface area contributed by atoms with Crippen LogP contribution in [0.3, 0.4) is 0 Å². The van der Waals surface area contributed by atoms with E-state index in [9.17, 15) is 32.7 Å². The van der Waals surface area contributed by atoms with Crippen LogP contribution < -0.4 is 20.1 Å². The highest BCUT2D eigenvalue weighted by molar-refractivity contribution is 7.91. The lowest BCUT2D eigenvalue weighted by molar-refractivity contribution is -0.143. The standard InChI is InChI=1S/C33H44N6O9S/c1-8-18-16-33(18,29(43)38-49(45,46)20-13-14-20)35-26(41)23-15-19(47-27-22-12-10-9-11-21(22)25(40)36-37-27)17-39(23)28(42)24(31(2,3)4)34-30(44)48-32(5,6)7/h8-12,18-20,23-24H,1,13-17H2,2-7H3,(H,34,44)(H,35,41)(H,36,40)(H,38,43)/t18?,19-,23+,24-,33-/m1/s1. The summed E-state index contributed by atoms with van der Waals surface area (Å²) in [5, 5.41) is 23.6. The van der Waals surface area contributed by atoms with Gasteiger partial charge in [0.25, 0.3) is 5.91 Å². The van der Waals surface area contributed by atoms with Gasteiger partial charge in [0.15, 0.2) is 0 Å². The van der Waals surface area contributed by atoms with Crippen molar-refractivity contribution in [3.05, 3.63) is 36.9 Å². The Morgan fingerprint density at radius 2 is 1.73 bits per heavy atom. The predicted molar refractivity (Wildman–Crippen MR) is 178 cm³/mol. The quantitative estimate of drug-likeness (QED) is 0.265. The van der Waals surface area contributed by atoms with Crippen LogP contribution in [0.2, 0.25) is 0 Å². The van der Waals surface area contributed by atoms with E-state index in [1.807, 2.05) is 0 Å². The van der Waals surface area contributed by atoms with Crippen LogP contribution in [0.5, 0.6) is 11.8 Å². The first-order valence-corrected chi connectivity index (χ1v) is 17.7. The van der Waals surface area contributed by atoms with Crippen molar-refractivity contribution in [2.45, 2.75) is 102 Å². The molecule has 5 rings (SSSR count). The maximum atomic E-state index is 14.4. The second-order valence-electron chi connectivity index (χ2n) is 15.0. The average Bonchev–Trinajstić information content (AvgIpc) is 3.92. The molecule has 3 aliphatic rings. The number of alkyl carbamates (subject to hydrolysis) is 1. The molecule has 0 spiro atoms. The highest BCUT2D eigenvalue weighted by Gasteiger charge is 2.62. The highest BCUT2D eigenvalue weighted by Crippen LogP contribution is 2.45. The molecule has 1 aliphatic heterocycles. The Morgan fingerprint density at radius 3 is 2.31 bits per heavy atom. The average molecular weight is 701 g/mol. The van der Waals surface area contributed by atoms with Crippen molar-refractivity contribution in [2.24, 2.45) is 11.3 Å². The fourth-order valence-electron chi connectivity index (χ4n) is 5.94. The molecule has 4 amide bonds. The van der Waals surface area contributed by atoms with E-state index < -0.39 is 79.7 Å². The number of sulfonamides is 1. The van der Waals surface area contributed by atoms with Crippen molar-refractivity contribution < 1.29 is 42.2 Å². The molecule has 2 heterocycles. The molecule has 0 bridgehead atoms. The van der Waals surface area contributed by atoms with Crippen LogP contribution in [0, 0.1) is 11.3 Å². The number of fused-ring (bicyclic) bond motifs is 1. The minimum Gasteiger partial charge on any atom is -0.492 e. The molecule has 1 saturated heterocycles. The van der Waals surface area contributed by atoms with Gasteiger partial charge in [-0.25, -0.2) is 13.2 Å². The summed E-state index contributed by atoms with van der Waals surface area (Å²) in [4.78, 5) is 56.0. The van der Waals surface area contributed by atoms with Crippen LogP contribution in [-0.2, 0) is 29.1 Å². The minimum atomic E-state index is -3.91. The third-order valence-corrected chi connectivity index (χ3v) is 10.6. The van der Waals surface area contributed by atoms with Gasteiger partial charge in [-0.05, 0) is 57.6 Å². The minimum absolute atomic E-state index is 0.0470. The summed E-state index contributed by atoms with van der Waals surface area (Å²) in [5.41, 5.74) is -3.26. The lowest BCUT2D eigenvalue weighted by Crippen LogP contribution is -2.60. The third-order valence-electron chi connectivity index (χ3n) is 8.78. The Bertz CT molecular complexity index is 1780. The van der Waals surface area contributed by atoms with Gasteiger partial charge in [-0.2, -0.15) is 0 Å². The molecule has 2 saturated carbocycles. The first kappa shape index (κ1) is 35.8. The Labute approximate surface area is 285 Å². The van der Waals surface area contributed by atoms with Crippen LogP contribution >= 0.6 is 0 Å². The van der Waals surface area contributed by atoms with Gasteiger partial charge >= 0.3 is 6.09 Å². The van der Waals surface area contributed by atoms with Gasteiger partial charge in [0, 0.05) is 12.3 Å². The Kier molecular flexibility index (Phi) is 9.34. The zero-order chi connectivity index (χ0) is 36.1. The van der Waals surface area contributed by atoms with Crippen LogP contribution in [0.15, 0.2) is 36.9 Å². The summed E-state index contributed by atoms with van der Waals surface area (Å²) < 4.78 is 39.0. The molecule has 1 unspecified atom stereocenters. The van der Waals surface area contributed by atoms with E-state index in [2.05, 4.69) is 32.1 Å². The maximum Gasteiger partial charge on any atom is 0.408 e. The molecule has 5 atom stereocenters. The van der Waals surface area contributed by atoms with Crippen LogP contribution in [-0.4, -0.2) is 93.6 Å². The number of amides is 4. The molecule has 4 N–H and O–H groups in total. The second kappa shape index (κ2) is 12.8. The first-order chi connectivity index (χ1) is 22.8. The highest BCUT2D eigenvalue weighted by atomic mass is 32.2. The molecule has 1 aromatic carbocycles. The van der Waals surface area contributed by atoms with Gasteiger partial charge in [-0.15, -0.1) is 16.8 Å². The molecular formula is C33H44N6O9S. The number of carbonyl (C=O) groups is 4. The summed E-state index contributed by atoms with van der Waals surface area (Å²) in [6, 6.07) is 4.42. The molecule has 15 nitrogen and oxygen atoms in total. The van der Waals surface area contributed by atoms with E-state index in [-0.39, 0.29) is 31.1 Å². The SMILES string of the molecule is C=CC1C[C@]1(NC(=O)[C@@H]1C[C@@H](Oc2nnc(O)c3ccccc23)CN1C(=O)[C@@H](NC(=O)OC(C)(C)C)C(C)(C)C)C(=O)NS(=O)(=O)C1CC1. The smallest absolute Gasteiger partial charge is 0.408 e. The van der Waals surface area contributed by atoms with E-state index >= 15 is 0 Å². The molecular weight excluding hydrogens is 656 g/mol. The van der Waals surface area contributed by atoms with Crippen molar-refractivity contribution in [1.29, 1.82) is 0 Å². The molecule has 266 valence electrons. The lowest BCUT2D eigenvalue weighted by atomic mass is 9.85. The summed E-state index contributed by atoms with van der Waals surface area (Å²) in [5.74, 6) is -2.95. The number of carbonyl (C=O) groups excluding carboxylic acids is 4. The van der Waals surface area contributed by atoms with E-state index in [4.69, 9.17) is 9.47 Å². The monoisotopic (exact) mass is 700 g/mol. The molecule has 0 radical (unpaired) electrons. The summed E-state index contributed by atoms with van der Waals surface area (Å²) >= 11 is 0. The van der Waals surface area contributed by atoms with Crippen molar-refractivity contribution in [1.82, 2.24) is 30.5 Å². The molecule has 1 aromatic heterocycles. The summed E-state index contributed by atoms with van der Waals surface area (Å²) in [6.45, 7) is 14.0. The Morgan fingerprint density at radius 1 is 1.08 bits per heavy atom.